The zero-order valence-corrected chi connectivity index (χ0v) is 17.9. The summed E-state index contributed by atoms with van der Waals surface area (Å²) in [4.78, 5) is 59.2. The van der Waals surface area contributed by atoms with Crippen LogP contribution in [-0.2, 0) is 24.0 Å². The van der Waals surface area contributed by atoms with Gasteiger partial charge in [0.15, 0.2) is 0 Å². The number of carboxylic acid groups (broad SMARTS) is 2. The third kappa shape index (κ3) is 9.41. The van der Waals surface area contributed by atoms with Gasteiger partial charge in [-0.25, -0.2) is 4.79 Å². The van der Waals surface area contributed by atoms with Crippen LogP contribution in [0.5, 0.6) is 0 Å². The molecule has 0 aromatic carbocycles. The van der Waals surface area contributed by atoms with Crippen LogP contribution in [0.3, 0.4) is 0 Å². The van der Waals surface area contributed by atoms with E-state index < -0.39 is 72.3 Å². The van der Waals surface area contributed by atoms with Crippen LogP contribution >= 0.6 is 12.6 Å². The Morgan fingerprint density at radius 3 is 1.83 bits per heavy atom. The summed E-state index contributed by atoms with van der Waals surface area (Å²) < 4.78 is 0. The smallest absolute Gasteiger partial charge is 0.326 e. The van der Waals surface area contributed by atoms with Gasteiger partial charge >= 0.3 is 11.9 Å². The Labute approximate surface area is 179 Å². The maximum atomic E-state index is 12.6. The molecule has 0 saturated carbocycles. The Kier molecular flexibility index (Phi) is 12.0. The van der Waals surface area contributed by atoms with Gasteiger partial charge in [-0.15, -0.1) is 0 Å². The van der Waals surface area contributed by atoms with Crippen molar-refractivity contribution in [3.05, 3.63) is 0 Å². The molecule has 0 rings (SSSR count). The first-order valence-corrected chi connectivity index (χ1v) is 9.85. The number of carbonyl (C=O) groups excluding carboxylic acids is 3. The van der Waals surface area contributed by atoms with Crippen LogP contribution in [0.4, 0.5) is 0 Å². The molecule has 0 radical (unpaired) electrons. The first kappa shape index (κ1) is 27.6. The maximum Gasteiger partial charge on any atom is 0.326 e. The van der Waals surface area contributed by atoms with E-state index in [0.29, 0.717) is 0 Å². The number of carbonyl (C=O) groups is 5. The van der Waals surface area contributed by atoms with Gasteiger partial charge in [0.1, 0.15) is 18.1 Å². The molecule has 0 aliphatic rings. The lowest BCUT2D eigenvalue weighted by Crippen LogP contribution is -2.60. The molecule has 0 heterocycles. The molecular weight excluding hydrogens is 420 g/mol. The number of aliphatic hydroxyl groups is 1. The highest BCUT2D eigenvalue weighted by atomic mass is 32.1. The Hall–Kier alpha value is -2.38. The molecule has 12 nitrogen and oxygen atoms in total. The van der Waals surface area contributed by atoms with E-state index in [1.807, 2.05) is 0 Å². The molecule has 172 valence electrons. The zero-order valence-electron chi connectivity index (χ0n) is 17.0. The van der Waals surface area contributed by atoms with Crippen LogP contribution in [0.1, 0.15) is 33.6 Å². The van der Waals surface area contributed by atoms with Crippen molar-refractivity contribution in [2.75, 3.05) is 5.75 Å². The van der Waals surface area contributed by atoms with Crippen LogP contribution in [-0.4, -0.2) is 81.0 Å². The van der Waals surface area contributed by atoms with E-state index in [2.05, 4.69) is 28.6 Å². The van der Waals surface area contributed by atoms with E-state index in [-0.39, 0.29) is 12.2 Å². The topological polar surface area (TPSA) is 208 Å². The number of amides is 3. The SMILES string of the molecule is CC(C)C(NC(=O)C(CCC(=O)O)NC(=O)C(NC(=O)C(N)CS)C(C)O)C(=O)O. The Morgan fingerprint density at radius 2 is 1.43 bits per heavy atom. The number of thiol groups is 1. The molecule has 0 fully saturated rings. The number of carboxylic acids is 2. The second-order valence-electron chi connectivity index (χ2n) is 7.08. The molecule has 0 saturated heterocycles. The summed E-state index contributed by atoms with van der Waals surface area (Å²) in [6.45, 7) is 4.35. The van der Waals surface area contributed by atoms with Crippen molar-refractivity contribution in [2.45, 2.75) is 63.9 Å². The van der Waals surface area contributed by atoms with Gasteiger partial charge in [0, 0.05) is 12.2 Å². The summed E-state index contributed by atoms with van der Waals surface area (Å²) in [7, 11) is 0. The minimum absolute atomic E-state index is 0.0184. The highest BCUT2D eigenvalue weighted by Crippen LogP contribution is 2.06. The number of nitrogens with two attached hydrogens (primary N) is 1. The van der Waals surface area contributed by atoms with E-state index in [4.69, 9.17) is 10.8 Å². The molecule has 30 heavy (non-hydrogen) atoms. The summed E-state index contributed by atoms with van der Waals surface area (Å²) >= 11 is 3.87. The minimum atomic E-state index is -1.48. The van der Waals surface area contributed by atoms with Crippen molar-refractivity contribution in [2.24, 2.45) is 11.7 Å². The predicted octanol–water partition coefficient (Wildman–Crippen LogP) is -2.32. The Balaban J connectivity index is 5.47. The summed E-state index contributed by atoms with van der Waals surface area (Å²) in [5.74, 6) is -5.66. The van der Waals surface area contributed by atoms with Crippen molar-refractivity contribution in [3.63, 3.8) is 0 Å². The summed E-state index contributed by atoms with van der Waals surface area (Å²) in [5.41, 5.74) is 5.52. The van der Waals surface area contributed by atoms with Gasteiger partial charge < -0.3 is 37.0 Å². The number of hydrogen-bond donors (Lipinski definition) is 8. The fourth-order valence-corrected chi connectivity index (χ4v) is 2.48. The van der Waals surface area contributed by atoms with E-state index in [0.717, 1.165) is 0 Å². The summed E-state index contributed by atoms with van der Waals surface area (Å²) in [6.07, 6.45) is -2.20. The van der Waals surface area contributed by atoms with Gasteiger partial charge in [-0.05, 0) is 19.3 Å². The molecule has 3 amide bonds. The lowest BCUT2D eigenvalue weighted by molar-refractivity contribution is -0.144. The molecule has 5 atom stereocenters. The molecule has 0 spiro atoms. The first-order valence-electron chi connectivity index (χ1n) is 9.22. The average molecular weight is 451 g/mol. The van der Waals surface area contributed by atoms with Crippen LogP contribution < -0.4 is 21.7 Å². The molecule has 0 aromatic rings. The van der Waals surface area contributed by atoms with Gasteiger partial charge in [0.05, 0.1) is 12.1 Å². The normalized spacial score (nSPS) is 16.0. The van der Waals surface area contributed by atoms with Crippen LogP contribution in [0.15, 0.2) is 0 Å². The molecule has 0 aromatic heterocycles. The van der Waals surface area contributed by atoms with Crippen molar-refractivity contribution >= 4 is 42.3 Å². The van der Waals surface area contributed by atoms with Crippen LogP contribution in [0.2, 0.25) is 0 Å². The van der Waals surface area contributed by atoms with Gasteiger partial charge in [0.2, 0.25) is 17.7 Å². The molecule has 13 heteroatoms. The third-order valence-electron chi connectivity index (χ3n) is 4.11. The lowest BCUT2D eigenvalue weighted by Gasteiger charge is -2.26. The number of hydrogen-bond acceptors (Lipinski definition) is 8. The molecular formula is C17H30N4O8S. The fraction of sp³-hybridized carbons (Fsp3) is 0.706. The van der Waals surface area contributed by atoms with Crippen molar-refractivity contribution in [1.29, 1.82) is 0 Å². The standard InChI is InChI=1S/C17H30N4O8S/c1-7(2)12(17(28)29)20-15(26)10(4-5-11(23)24)19-16(27)13(8(3)22)21-14(25)9(18)6-30/h7-10,12-13,22,30H,4-6,18H2,1-3H3,(H,19,27)(H,20,26)(H,21,25)(H,23,24)(H,28,29). The molecule has 5 unspecified atom stereocenters. The van der Waals surface area contributed by atoms with Crippen molar-refractivity contribution in [1.82, 2.24) is 16.0 Å². The number of nitrogens with one attached hydrogen (secondary N) is 3. The lowest BCUT2D eigenvalue weighted by atomic mass is 10.0. The quantitative estimate of drug-likeness (QED) is 0.141. The largest absolute Gasteiger partial charge is 0.481 e. The van der Waals surface area contributed by atoms with Gasteiger partial charge in [-0.3, -0.25) is 19.2 Å². The molecule has 0 aliphatic carbocycles. The Bertz CT molecular complexity index is 643. The molecule has 0 aliphatic heterocycles. The predicted molar refractivity (Wildman–Crippen MR) is 109 cm³/mol. The van der Waals surface area contributed by atoms with Gasteiger partial charge in [-0.2, -0.15) is 12.6 Å². The number of rotatable bonds is 13. The summed E-state index contributed by atoms with van der Waals surface area (Å²) in [6, 6.07) is -5.20. The van der Waals surface area contributed by atoms with Gasteiger partial charge in [0.25, 0.3) is 0 Å². The van der Waals surface area contributed by atoms with Gasteiger partial charge in [-0.1, -0.05) is 13.8 Å². The monoisotopic (exact) mass is 450 g/mol. The minimum Gasteiger partial charge on any atom is -0.481 e. The molecule has 0 bridgehead atoms. The highest BCUT2D eigenvalue weighted by Gasteiger charge is 2.33. The Morgan fingerprint density at radius 1 is 0.900 bits per heavy atom. The average Bonchev–Trinajstić information content (AvgIpc) is 2.64. The van der Waals surface area contributed by atoms with Crippen molar-refractivity contribution in [3.8, 4) is 0 Å². The third-order valence-corrected chi connectivity index (χ3v) is 4.50. The fourth-order valence-electron chi connectivity index (χ4n) is 2.31. The number of aliphatic hydroxyl groups excluding tert-OH is 1. The van der Waals surface area contributed by atoms with E-state index in [1.54, 1.807) is 13.8 Å². The first-order chi connectivity index (χ1) is 13.8. The van der Waals surface area contributed by atoms with Crippen molar-refractivity contribution < 1.29 is 39.3 Å². The van der Waals surface area contributed by atoms with E-state index in [1.165, 1.54) is 6.92 Å². The zero-order chi connectivity index (χ0) is 23.6. The van der Waals surface area contributed by atoms with Crippen LogP contribution in [0, 0.1) is 5.92 Å². The van der Waals surface area contributed by atoms with E-state index in [9.17, 15) is 34.2 Å². The van der Waals surface area contributed by atoms with E-state index >= 15 is 0 Å². The summed E-state index contributed by atoms with van der Waals surface area (Å²) in [5, 5.41) is 34.7. The molecule has 8 N–H and O–H groups in total. The second-order valence-corrected chi connectivity index (χ2v) is 7.44. The number of aliphatic carboxylic acids is 2. The van der Waals surface area contributed by atoms with Crippen LogP contribution in [0.25, 0.3) is 0 Å². The highest BCUT2D eigenvalue weighted by molar-refractivity contribution is 7.80. The maximum absolute atomic E-state index is 12.6. The second kappa shape index (κ2) is 13.0.